The van der Waals surface area contributed by atoms with Gasteiger partial charge in [-0.15, -0.1) is 0 Å². The highest BCUT2D eigenvalue weighted by Gasteiger charge is 2.05. The Kier molecular flexibility index (Phi) is 5.98. The Morgan fingerprint density at radius 2 is 1.37 bits per heavy atom. The van der Waals surface area contributed by atoms with E-state index in [0.29, 0.717) is 0 Å². The van der Waals surface area contributed by atoms with E-state index in [1.807, 2.05) is 0 Å². The van der Waals surface area contributed by atoms with Crippen LogP contribution in [0.4, 0.5) is 0 Å². The molecule has 0 atom stereocenters. The van der Waals surface area contributed by atoms with Crippen molar-refractivity contribution in [3.05, 3.63) is 35.4 Å². The van der Waals surface area contributed by atoms with Gasteiger partial charge in [-0.2, -0.15) is 0 Å². The first kappa shape index (κ1) is 15.1. The maximum absolute atomic E-state index is 10.3. The zero-order chi connectivity index (χ0) is 14.3. The van der Waals surface area contributed by atoms with Gasteiger partial charge >= 0.3 is 11.9 Å². The largest absolute Gasteiger partial charge is 0.478 e. The lowest BCUT2D eigenvalue weighted by Gasteiger charge is -2.21. The normalized spacial score (nSPS) is 15.2. The van der Waals surface area contributed by atoms with Crippen molar-refractivity contribution in [1.29, 1.82) is 0 Å². The topological polar surface area (TPSA) is 87.1 Å². The Balaban J connectivity index is 0.000000218. The first-order valence-electron chi connectivity index (χ1n) is 5.83. The molecule has 104 valence electrons. The number of hydrogen-bond acceptors (Lipinski definition) is 4. The van der Waals surface area contributed by atoms with Crippen LogP contribution in [0, 0.1) is 0 Å². The van der Waals surface area contributed by atoms with Gasteiger partial charge in [0, 0.05) is 13.1 Å². The molecule has 1 heterocycles. The Morgan fingerprint density at radius 3 is 1.58 bits per heavy atom. The van der Waals surface area contributed by atoms with E-state index in [0.717, 1.165) is 26.3 Å². The summed E-state index contributed by atoms with van der Waals surface area (Å²) in [7, 11) is 2.11. The van der Waals surface area contributed by atoms with Crippen molar-refractivity contribution >= 4 is 11.9 Å². The van der Waals surface area contributed by atoms with Gasteiger partial charge in [0.1, 0.15) is 0 Å². The van der Waals surface area contributed by atoms with Gasteiger partial charge in [0.05, 0.1) is 24.3 Å². The van der Waals surface area contributed by atoms with Crippen molar-refractivity contribution in [2.75, 3.05) is 33.4 Å². The number of aromatic carboxylic acids is 2. The second-order valence-electron chi connectivity index (χ2n) is 4.10. The molecule has 0 spiro atoms. The minimum Gasteiger partial charge on any atom is -0.478 e. The lowest BCUT2D eigenvalue weighted by molar-refractivity contribution is 0.0503. The SMILES string of the molecule is CN1CCOCC1.O=C(O)c1ccc(C(=O)O)cc1. The maximum Gasteiger partial charge on any atom is 0.335 e. The van der Waals surface area contributed by atoms with E-state index in [-0.39, 0.29) is 11.1 Å². The Bertz CT molecular complexity index is 390. The van der Waals surface area contributed by atoms with Crippen LogP contribution in [-0.2, 0) is 4.74 Å². The maximum atomic E-state index is 10.3. The highest BCUT2D eigenvalue weighted by atomic mass is 16.5. The van der Waals surface area contributed by atoms with E-state index < -0.39 is 11.9 Å². The summed E-state index contributed by atoms with van der Waals surface area (Å²) in [5.74, 6) is -2.13. The van der Waals surface area contributed by atoms with Gasteiger partial charge in [-0.3, -0.25) is 0 Å². The third kappa shape index (κ3) is 5.50. The van der Waals surface area contributed by atoms with Gasteiger partial charge in [0.15, 0.2) is 0 Å². The van der Waals surface area contributed by atoms with Crippen LogP contribution in [0.2, 0.25) is 0 Å². The van der Waals surface area contributed by atoms with E-state index in [2.05, 4.69) is 11.9 Å². The van der Waals surface area contributed by atoms with Gasteiger partial charge < -0.3 is 19.8 Å². The molecule has 0 aliphatic carbocycles. The lowest BCUT2D eigenvalue weighted by Crippen LogP contribution is -2.32. The minimum absolute atomic E-state index is 0.0833. The number of carboxylic acid groups (broad SMARTS) is 2. The first-order chi connectivity index (χ1) is 9.00. The molecule has 0 unspecified atom stereocenters. The molecule has 6 nitrogen and oxygen atoms in total. The van der Waals surface area contributed by atoms with Crippen LogP contribution in [-0.4, -0.2) is 60.4 Å². The molecule has 1 aliphatic heterocycles. The molecular weight excluding hydrogens is 250 g/mol. The summed E-state index contributed by atoms with van der Waals surface area (Å²) < 4.78 is 5.10. The number of nitrogens with zero attached hydrogens (tertiary/aromatic N) is 1. The fraction of sp³-hybridized carbons (Fsp3) is 0.385. The third-order valence-electron chi connectivity index (χ3n) is 2.61. The number of carboxylic acids is 2. The average molecular weight is 267 g/mol. The molecule has 1 fully saturated rings. The van der Waals surface area contributed by atoms with Crippen molar-refractivity contribution in [3.8, 4) is 0 Å². The smallest absolute Gasteiger partial charge is 0.335 e. The van der Waals surface area contributed by atoms with E-state index in [9.17, 15) is 9.59 Å². The van der Waals surface area contributed by atoms with E-state index in [1.165, 1.54) is 24.3 Å². The van der Waals surface area contributed by atoms with Gasteiger partial charge in [0.2, 0.25) is 0 Å². The van der Waals surface area contributed by atoms with Crippen molar-refractivity contribution in [2.24, 2.45) is 0 Å². The zero-order valence-electron chi connectivity index (χ0n) is 10.7. The van der Waals surface area contributed by atoms with Crippen LogP contribution in [0.3, 0.4) is 0 Å². The lowest BCUT2D eigenvalue weighted by atomic mass is 10.1. The number of rotatable bonds is 2. The summed E-state index contributed by atoms with van der Waals surface area (Å²) in [5, 5.41) is 16.9. The average Bonchev–Trinajstić information content (AvgIpc) is 2.40. The number of ether oxygens (including phenoxy) is 1. The van der Waals surface area contributed by atoms with Crippen molar-refractivity contribution in [1.82, 2.24) is 4.90 Å². The quantitative estimate of drug-likeness (QED) is 0.832. The molecule has 0 bridgehead atoms. The molecule has 1 saturated heterocycles. The van der Waals surface area contributed by atoms with Crippen LogP contribution in [0.5, 0.6) is 0 Å². The van der Waals surface area contributed by atoms with Crippen molar-refractivity contribution in [2.45, 2.75) is 0 Å². The van der Waals surface area contributed by atoms with Gasteiger partial charge in [-0.1, -0.05) is 0 Å². The standard InChI is InChI=1S/C8H6O4.C5H11NO/c9-7(10)5-1-2-6(4-3-5)8(11)12;1-6-2-4-7-5-3-6/h1-4H,(H,9,10)(H,11,12);2-5H2,1H3. The molecule has 2 N–H and O–H groups in total. The second-order valence-corrected chi connectivity index (χ2v) is 4.10. The van der Waals surface area contributed by atoms with Crippen LogP contribution < -0.4 is 0 Å². The molecule has 6 heteroatoms. The molecule has 0 saturated carbocycles. The molecule has 0 amide bonds. The van der Waals surface area contributed by atoms with Gasteiger partial charge in [-0.25, -0.2) is 9.59 Å². The summed E-state index contributed by atoms with van der Waals surface area (Å²) >= 11 is 0. The summed E-state index contributed by atoms with van der Waals surface area (Å²) in [6, 6.07) is 5.02. The van der Waals surface area contributed by atoms with Crippen molar-refractivity contribution < 1.29 is 24.5 Å². The Hall–Kier alpha value is -1.92. The van der Waals surface area contributed by atoms with E-state index in [4.69, 9.17) is 14.9 Å². The molecule has 1 aromatic carbocycles. The summed E-state index contributed by atoms with van der Waals surface area (Å²) in [5.41, 5.74) is 0.167. The fourth-order valence-corrected chi connectivity index (χ4v) is 1.41. The van der Waals surface area contributed by atoms with Crippen LogP contribution in [0.1, 0.15) is 20.7 Å². The molecular formula is C13H17NO5. The van der Waals surface area contributed by atoms with Crippen LogP contribution in [0.25, 0.3) is 0 Å². The molecule has 0 aromatic heterocycles. The number of likely N-dealkylation sites (N-methyl/N-ethyl adjacent to an activating group) is 1. The number of carbonyl (C=O) groups is 2. The van der Waals surface area contributed by atoms with E-state index in [1.54, 1.807) is 0 Å². The number of morpholine rings is 1. The molecule has 1 aromatic rings. The predicted molar refractivity (Wildman–Crippen MR) is 68.7 cm³/mol. The molecule has 2 rings (SSSR count). The number of benzene rings is 1. The van der Waals surface area contributed by atoms with Crippen LogP contribution >= 0.6 is 0 Å². The van der Waals surface area contributed by atoms with Crippen molar-refractivity contribution in [3.63, 3.8) is 0 Å². The number of hydrogen-bond donors (Lipinski definition) is 2. The molecule has 0 radical (unpaired) electrons. The Labute approximate surface area is 111 Å². The first-order valence-corrected chi connectivity index (χ1v) is 5.83. The molecule has 19 heavy (non-hydrogen) atoms. The summed E-state index contributed by atoms with van der Waals surface area (Å²) in [4.78, 5) is 22.9. The summed E-state index contributed by atoms with van der Waals surface area (Å²) in [6.07, 6.45) is 0. The van der Waals surface area contributed by atoms with Gasteiger partial charge in [-0.05, 0) is 31.3 Å². The highest BCUT2D eigenvalue weighted by molar-refractivity contribution is 5.91. The Morgan fingerprint density at radius 1 is 1.00 bits per heavy atom. The summed E-state index contributed by atoms with van der Waals surface area (Å²) in [6.45, 7) is 4.02. The van der Waals surface area contributed by atoms with Crippen LogP contribution in [0.15, 0.2) is 24.3 Å². The zero-order valence-corrected chi connectivity index (χ0v) is 10.7. The highest BCUT2D eigenvalue weighted by Crippen LogP contribution is 2.03. The van der Waals surface area contributed by atoms with Gasteiger partial charge in [0.25, 0.3) is 0 Å². The second kappa shape index (κ2) is 7.50. The fourth-order valence-electron chi connectivity index (χ4n) is 1.41. The monoisotopic (exact) mass is 267 g/mol. The minimum atomic E-state index is -1.06. The predicted octanol–water partition coefficient (Wildman–Crippen LogP) is 1.03. The third-order valence-corrected chi connectivity index (χ3v) is 2.61. The van der Waals surface area contributed by atoms with E-state index >= 15 is 0 Å². The molecule has 1 aliphatic rings.